The number of rotatable bonds is 10. The highest BCUT2D eigenvalue weighted by molar-refractivity contribution is 7.92. The Morgan fingerprint density at radius 3 is 2.30 bits per heavy atom. The van der Waals surface area contributed by atoms with E-state index >= 15 is 0 Å². The van der Waals surface area contributed by atoms with Crippen LogP contribution in [0.4, 0.5) is 10.1 Å². The first-order valence-electron chi connectivity index (χ1n) is 12.7. The summed E-state index contributed by atoms with van der Waals surface area (Å²) in [4.78, 5) is 13.2. The van der Waals surface area contributed by atoms with Gasteiger partial charge in [0.15, 0.2) is 0 Å². The summed E-state index contributed by atoms with van der Waals surface area (Å²) in [7, 11) is -4.15. The molecule has 0 unspecified atom stereocenters. The quantitative estimate of drug-likeness (QED) is 0.377. The number of sulfonamides is 1. The molecule has 0 saturated carbocycles. The van der Waals surface area contributed by atoms with E-state index in [0.717, 1.165) is 41.3 Å². The van der Waals surface area contributed by atoms with E-state index in [0.29, 0.717) is 24.5 Å². The van der Waals surface area contributed by atoms with E-state index in [1.54, 1.807) is 24.3 Å². The van der Waals surface area contributed by atoms with Gasteiger partial charge >= 0.3 is 0 Å². The van der Waals surface area contributed by atoms with Crippen LogP contribution in [-0.4, -0.2) is 27.5 Å². The van der Waals surface area contributed by atoms with Crippen molar-refractivity contribution in [2.45, 2.75) is 56.9 Å². The molecule has 1 aliphatic rings. The average Bonchev–Trinajstić information content (AvgIpc) is 2.91. The van der Waals surface area contributed by atoms with Gasteiger partial charge in [0.25, 0.3) is 10.0 Å². The molecule has 1 aliphatic carbocycles. The minimum Gasteiger partial charge on any atom is -0.494 e. The van der Waals surface area contributed by atoms with Crippen molar-refractivity contribution in [3.8, 4) is 5.75 Å². The van der Waals surface area contributed by atoms with Crippen LogP contribution in [0.2, 0.25) is 0 Å². The smallest absolute Gasteiger partial charge is 0.264 e. The maximum atomic E-state index is 13.6. The second-order valence-electron chi connectivity index (χ2n) is 9.16. The second kappa shape index (κ2) is 11.8. The molecule has 0 bridgehead atoms. The monoisotopic (exact) mass is 524 g/mol. The van der Waals surface area contributed by atoms with Crippen molar-refractivity contribution in [1.29, 1.82) is 0 Å². The van der Waals surface area contributed by atoms with Gasteiger partial charge in [0.2, 0.25) is 5.91 Å². The van der Waals surface area contributed by atoms with Crippen molar-refractivity contribution in [3.05, 3.63) is 89.2 Å². The van der Waals surface area contributed by atoms with E-state index in [2.05, 4.69) is 23.5 Å². The normalized spacial score (nSPS) is 13.9. The number of nitrogens with one attached hydrogen (secondary N) is 1. The number of benzene rings is 3. The maximum absolute atomic E-state index is 13.6. The van der Waals surface area contributed by atoms with Crippen LogP contribution in [-0.2, 0) is 27.7 Å². The van der Waals surface area contributed by atoms with Gasteiger partial charge in [-0.1, -0.05) is 25.1 Å². The van der Waals surface area contributed by atoms with Crippen LogP contribution in [0.25, 0.3) is 0 Å². The summed E-state index contributed by atoms with van der Waals surface area (Å²) >= 11 is 0. The van der Waals surface area contributed by atoms with Crippen molar-refractivity contribution in [1.82, 2.24) is 5.32 Å². The largest absolute Gasteiger partial charge is 0.494 e. The highest BCUT2D eigenvalue weighted by Gasteiger charge is 2.28. The number of hydrogen-bond acceptors (Lipinski definition) is 4. The van der Waals surface area contributed by atoms with Crippen LogP contribution in [0.5, 0.6) is 5.75 Å². The standard InChI is InChI=1S/C29H33FN2O4S/c1-3-28(23-10-9-21-7-5-6-8-22(21)19-23)31-29(33)20-32(25-13-15-26(16-14-25)36-4-2)37(34,35)27-17-11-24(30)12-18-27/h9-19,28H,3-8,20H2,1-2H3,(H,31,33)/t28-/m0/s1. The number of nitrogens with zero attached hydrogens (tertiary/aromatic N) is 1. The fourth-order valence-corrected chi connectivity index (χ4v) is 6.11. The minimum atomic E-state index is -4.15. The van der Waals surface area contributed by atoms with Crippen LogP contribution in [0.1, 0.15) is 55.8 Å². The molecule has 0 aliphatic heterocycles. The molecule has 8 heteroatoms. The van der Waals surface area contributed by atoms with Crippen LogP contribution in [0, 0.1) is 5.82 Å². The van der Waals surface area contributed by atoms with E-state index < -0.39 is 28.3 Å². The summed E-state index contributed by atoms with van der Waals surface area (Å²) < 4.78 is 47.1. The van der Waals surface area contributed by atoms with Crippen LogP contribution in [0.15, 0.2) is 71.6 Å². The molecule has 4 rings (SSSR count). The highest BCUT2D eigenvalue weighted by Crippen LogP contribution is 2.28. The molecular weight excluding hydrogens is 491 g/mol. The van der Waals surface area contributed by atoms with Crippen molar-refractivity contribution >= 4 is 21.6 Å². The zero-order valence-electron chi connectivity index (χ0n) is 21.2. The summed E-state index contributed by atoms with van der Waals surface area (Å²) in [5, 5.41) is 3.02. The Morgan fingerprint density at radius 1 is 0.973 bits per heavy atom. The van der Waals surface area contributed by atoms with Crippen molar-refractivity contribution in [2.24, 2.45) is 0 Å². The van der Waals surface area contributed by atoms with Gasteiger partial charge in [-0.25, -0.2) is 12.8 Å². The molecule has 37 heavy (non-hydrogen) atoms. The lowest BCUT2D eigenvalue weighted by atomic mass is 9.89. The van der Waals surface area contributed by atoms with Crippen molar-refractivity contribution in [2.75, 3.05) is 17.5 Å². The first-order valence-corrected chi connectivity index (χ1v) is 14.2. The predicted molar refractivity (Wildman–Crippen MR) is 143 cm³/mol. The number of halogens is 1. The summed E-state index contributed by atoms with van der Waals surface area (Å²) in [6, 6.07) is 17.2. The Balaban J connectivity index is 1.59. The van der Waals surface area contributed by atoms with Gasteiger partial charge in [-0.05, 0) is 104 Å². The number of amides is 1. The molecule has 0 heterocycles. The molecule has 0 aromatic heterocycles. The topological polar surface area (TPSA) is 75.7 Å². The van der Waals surface area contributed by atoms with Gasteiger partial charge in [-0.3, -0.25) is 9.10 Å². The van der Waals surface area contributed by atoms with Gasteiger partial charge in [0.05, 0.1) is 23.2 Å². The molecule has 0 spiro atoms. The first-order chi connectivity index (χ1) is 17.8. The van der Waals surface area contributed by atoms with E-state index in [9.17, 15) is 17.6 Å². The van der Waals surface area contributed by atoms with E-state index in [1.807, 2.05) is 13.8 Å². The Bertz CT molecular complexity index is 1330. The molecule has 6 nitrogen and oxygen atoms in total. The summed E-state index contributed by atoms with van der Waals surface area (Å²) in [6.07, 6.45) is 5.15. The van der Waals surface area contributed by atoms with Crippen molar-refractivity contribution < 1.29 is 22.3 Å². The Morgan fingerprint density at radius 2 is 1.65 bits per heavy atom. The van der Waals surface area contributed by atoms with Crippen molar-refractivity contribution in [3.63, 3.8) is 0 Å². The molecule has 0 radical (unpaired) electrons. The molecule has 3 aromatic rings. The maximum Gasteiger partial charge on any atom is 0.264 e. The lowest BCUT2D eigenvalue weighted by Crippen LogP contribution is -2.42. The number of anilines is 1. The summed E-state index contributed by atoms with van der Waals surface area (Å²) in [5.74, 6) is -0.377. The van der Waals surface area contributed by atoms with E-state index in [1.165, 1.54) is 29.7 Å². The predicted octanol–water partition coefficient (Wildman–Crippen LogP) is 5.57. The van der Waals surface area contributed by atoms with Crippen LogP contribution >= 0.6 is 0 Å². The third-order valence-electron chi connectivity index (χ3n) is 6.64. The molecule has 1 atom stereocenters. The summed E-state index contributed by atoms with van der Waals surface area (Å²) in [6.45, 7) is 3.90. The number of carbonyl (C=O) groups excluding carboxylic acids is 1. The van der Waals surface area contributed by atoms with Crippen LogP contribution < -0.4 is 14.4 Å². The fraction of sp³-hybridized carbons (Fsp3) is 0.345. The number of aryl methyl sites for hydroxylation is 2. The van der Waals surface area contributed by atoms with Gasteiger partial charge in [-0.15, -0.1) is 0 Å². The molecule has 3 aromatic carbocycles. The molecule has 1 N–H and O–H groups in total. The van der Waals surface area contributed by atoms with Gasteiger partial charge < -0.3 is 10.1 Å². The molecule has 0 saturated heterocycles. The average molecular weight is 525 g/mol. The zero-order valence-corrected chi connectivity index (χ0v) is 22.1. The lowest BCUT2D eigenvalue weighted by molar-refractivity contribution is -0.120. The van der Waals surface area contributed by atoms with E-state index in [-0.39, 0.29) is 10.9 Å². The Hall–Kier alpha value is -3.39. The third kappa shape index (κ3) is 6.31. The third-order valence-corrected chi connectivity index (χ3v) is 8.43. The Kier molecular flexibility index (Phi) is 8.48. The molecular formula is C29H33FN2O4S. The zero-order chi connectivity index (χ0) is 26.4. The number of hydrogen-bond donors (Lipinski definition) is 1. The van der Waals surface area contributed by atoms with Gasteiger partial charge in [0.1, 0.15) is 18.1 Å². The number of ether oxygens (including phenoxy) is 1. The number of fused-ring (bicyclic) bond motifs is 1. The number of carbonyl (C=O) groups is 1. The minimum absolute atomic E-state index is 0.0997. The van der Waals surface area contributed by atoms with Gasteiger partial charge in [0, 0.05) is 0 Å². The second-order valence-corrected chi connectivity index (χ2v) is 11.0. The van der Waals surface area contributed by atoms with Gasteiger partial charge in [-0.2, -0.15) is 0 Å². The molecule has 0 fully saturated rings. The SMILES string of the molecule is CCOc1ccc(N(CC(=O)N[C@@H](CC)c2ccc3c(c2)CCCC3)S(=O)(=O)c2ccc(F)cc2)cc1. The van der Waals surface area contributed by atoms with E-state index in [4.69, 9.17) is 4.74 Å². The highest BCUT2D eigenvalue weighted by atomic mass is 32.2. The Labute approximate surface area is 218 Å². The van der Waals surface area contributed by atoms with Crippen LogP contribution in [0.3, 0.4) is 0 Å². The lowest BCUT2D eigenvalue weighted by Gasteiger charge is -2.26. The fourth-order valence-electron chi connectivity index (χ4n) is 4.69. The summed E-state index contributed by atoms with van der Waals surface area (Å²) in [5.41, 5.74) is 4.02. The molecule has 1 amide bonds. The molecule has 196 valence electrons. The first kappa shape index (κ1) is 26.7.